The SMILES string of the molecule is C=Nc1cc[c-]cc1C(=C)C(C)C.[K+]. The van der Waals surface area contributed by atoms with Gasteiger partial charge in [-0.15, -0.1) is 18.2 Å². The van der Waals surface area contributed by atoms with E-state index >= 15 is 0 Å². The molecule has 0 atom stereocenters. The van der Waals surface area contributed by atoms with Gasteiger partial charge in [-0.1, -0.05) is 19.4 Å². The molecule has 1 nitrogen and oxygen atoms in total. The number of hydrogen-bond acceptors (Lipinski definition) is 1. The summed E-state index contributed by atoms with van der Waals surface area (Å²) in [5, 5.41) is 0. The first-order valence-corrected chi connectivity index (χ1v) is 4.32. The molecule has 1 rings (SSSR count). The first-order chi connectivity index (χ1) is 6.16. The summed E-state index contributed by atoms with van der Waals surface area (Å²) in [6.07, 6.45) is 0. The van der Waals surface area contributed by atoms with Gasteiger partial charge in [-0.2, -0.15) is 18.2 Å². The standard InChI is InChI=1S/C12H14N.K/c1-9(2)10(3)11-7-5-6-8-12(11)13-4;/h6-9H,3-4H2,1-2H3;/q-1;+1. The van der Waals surface area contributed by atoms with Crippen molar-refractivity contribution in [1.82, 2.24) is 0 Å². The molecule has 0 unspecified atom stereocenters. The molecule has 0 aliphatic rings. The van der Waals surface area contributed by atoms with Crippen LogP contribution < -0.4 is 51.4 Å². The van der Waals surface area contributed by atoms with E-state index in [1.165, 1.54) is 0 Å². The Morgan fingerprint density at radius 1 is 1.50 bits per heavy atom. The van der Waals surface area contributed by atoms with Gasteiger partial charge < -0.3 is 0 Å². The van der Waals surface area contributed by atoms with Gasteiger partial charge >= 0.3 is 51.4 Å². The fourth-order valence-corrected chi connectivity index (χ4v) is 1.13. The molecular formula is C12H14KN. The third-order valence-corrected chi connectivity index (χ3v) is 2.05. The molecule has 0 aliphatic carbocycles. The van der Waals surface area contributed by atoms with Crippen LogP contribution in [0.4, 0.5) is 5.69 Å². The first kappa shape index (κ1) is 14.3. The van der Waals surface area contributed by atoms with Crippen LogP contribution >= 0.6 is 0 Å². The summed E-state index contributed by atoms with van der Waals surface area (Å²) in [7, 11) is 0. The number of benzene rings is 1. The van der Waals surface area contributed by atoms with E-state index in [1.54, 1.807) is 0 Å². The third-order valence-electron chi connectivity index (χ3n) is 2.05. The molecule has 68 valence electrons. The van der Waals surface area contributed by atoms with Gasteiger partial charge in [0.2, 0.25) is 0 Å². The Labute approximate surface area is 129 Å². The fourth-order valence-electron chi connectivity index (χ4n) is 1.13. The Bertz CT molecular complexity index is 329. The number of hydrogen-bond donors (Lipinski definition) is 0. The van der Waals surface area contributed by atoms with E-state index in [0.29, 0.717) is 5.92 Å². The van der Waals surface area contributed by atoms with Crippen LogP contribution in [0.25, 0.3) is 5.57 Å². The predicted octanol–water partition coefficient (Wildman–Crippen LogP) is 0.492. The van der Waals surface area contributed by atoms with Crippen LogP contribution in [0.15, 0.2) is 29.8 Å². The average molecular weight is 211 g/mol. The summed E-state index contributed by atoms with van der Waals surface area (Å²) in [5.41, 5.74) is 3.02. The van der Waals surface area contributed by atoms with Crippen LogP contribution in [0.1, 0.15) is 19.4 Å². The van der Waals surface area contributed by atoms with Crippen LogP contribution in [0, 0.1) is 12.0 Å². The molecular weight excluding hydrogens is 197 g/mol. The Hall–Kier alpha value is 0.266. The van der Waals surface area contributed by atoms with Crippen molar-refractivity contribution in [1.29, 1.82) is 0 Å². The van der Waals surface area contributed by atoms with Crippen molar-refractivity contribution in [3.05, 3.63) is 36.4 Å². The normalized spacial score (nSPS) is 9.36. The molecule has 0 fully saturated rings. The smallest absolute Gasteiger partial charge is 0.290 e. The Kier molecular flexibility index (Phi) is 6.82. The van der Waals surface area contributed by atoms with E-state index < -0.39 is 0 Å². The maximum Gasteiger partial charge on any atom is 1.00 e. The minimum Gasteiger partial charge on any atom is -0.290 e. The molecule has 0 radical (unpaired) electrons. The van der Waals surface area contributed by atoms with E-state index in [0.717, 1.165) is 16.8 Å². The van der Waals surface area contributed by atoms with E-state index in [1.807, 2.05) is 18.2 Å². The van der Waals surface area contributed by atoms with Gasteiger partial charge in [-0.25, -0.2) is 0 Å². The molecule has 0 aromatic heterocycles. The maximum absolute atomic E-state index is 4.03. The van der Waals surface area contributed by atoms with Crippen molar-refractivity contribution in [3.8, 4) is 0 Å². The zero-order valence-corrected chi connectivity index (χ0v) is 12.3. The summed E-state index contributed by atoms with van der Waals surface area (Å²) in [6, 6.07) is 8.67. The third kappa shape index (κ3) is 3.44. The van der Waals surface area contributed by atoms with Gasteiger partial charge in [0.05, 0.1) is 0 Å². The maximum atomic E-state index is 4.03. The Morgan fingerprint density at radius 2 is 2.14 bits per heavy atom. The summed E-state index contributed by atoms with van der Waals surface area (Å²) >= 11 is 0. The number of nitrogens with zero attached hydrogens (tertiary/aromatic N) is 1. The summed E-state index contributed by atoms with van der Waals surface area (Å²) in [4.78, 5) is 3.94. The molecule has 0 aliphatic heterocycles. The van der Waals surface area contributed by atoms with Crippen molar-refractivity contribution in [2.45, 2.75) is 13.8 Å². The van der Waals surface area contributed by atoms with Crippen molar-refractivity contribution in [3.63, 3.8) is 0 Å². The van der Waals surface area contributed by atoms with Gasteiger partial charge in [0.25, 0.3) is 0 Å². The molecule has 0 amide bonds. The van der Waals surface area contributed by atoms with Crippen LogP contribution in [0.3, 0.4) is 0 Å². The van der Waals surface area contributed by atoms with E-state index in [9.17, 15) is 0 Å². The second-order valence-electron chi connectivity index (χ2n) is 3.28. The van der Waals surface area contributed by atoms with Gasteiger partial charge in [0.15, 0.2) is 0 Å². The second kappa shape index (κ2) is 6.70. The molecule has 2 heteroatoms. The number of allylic oxidation sites excluding steroid dienone is 1. The quantitative estimate of drug-likeness (QED) is 0.392. The van der Waals surface area contributed by atoms with Gasteiger partial charge in [0, 0.05) is 0 Å². The zero-order valence-electron chi connectivity index (χ0n) is 9.17. The molecule has 0 spiro atoms. The van der Waals surface area contributed by atoms with Crippen molar-refractivity contribution in [2.75, 3.05) is 0 Å². The Balaban J connectivity index is 0.00000169. The molecule has 1 aromatic carbocycles. The minimum atomic E-state index is 0. The molecule has 0 saturated carbocycles. The van der Waals surface area contributed by atoms with Crippen molar-refractivity contribution in [2.24, 2.45) is 10.9 Å². The van der Waals surface area contributed by atoms with E-state index in [-0.39, 0.29) is 51.4 Å². The van der Waals surface area contributed by atoms with Crippen molar-refractivity contribution < 1.29 is 51.4 Å². The molecule has 0 heterocycles. The molecule has 0 bridgehead atoms. The summed E-state index contributed by atoms with van der Waals surface area (Å²) in [5.74, 6) is 0.427. The zero-order chi connectivity index (χ0) is 9.84. The fraction of sp³-hybridized carbons (Fsp3) is 0.250. The van der Waals surface area contributed by atoms with E-state index in [2.05, 4.69) is 38.2 Å². The topological polar surface area (TPSA) is 12.4 Å². The van der Waals surface area contributed by atoms with E-state index in [4.69, 9.17) is 0 Å². The summed E-state index contributed by atoms with van der Waals surface area (Å²) in [6.45, 7) is 11.8. The minimum absolute atomic E-state index is 0. The molecule has 1 aromatic rings. The second-order valence-corrected chi connectivity index (χ2v) is 3.28. The van der Waals surface area contributed by atoms with Gasteiger partial charge in [-0.3, -0.25) is 4.99 Å². The number of aliphatic imine (C=N–C) groups is 1. The number of rotatable bonds is 3. The largest absolute Gasteiger partial charge is 1.00 e. The van der Waals surface area contributed by atoms with Crippen molar-refractivity contribution >= 4 is 18.0 Å². The van der Waals surface area contributed by atoms with Gasteiger partial charge in [-0.05, 0) is 18.3 Å². The predicted molar refractivity (Wildman–Crippen MR) is 58.4 cm³/mol. The molecule has 0 saturated heterocycles. The van der Waals surface area contributed by atoms with Crippen LogP contribution in [0.5, 0.6) is 0 Å². The first-order valence-electron chi connectivity index (χ1n) is 4.32. The van der Waals surface area contributed by atoms with Gasteiger partial charge in [0.1, 0.15) is 0 Å². The van der Waals surface area contributed by atoms with Crippen LogP contribution in [-0.2, 0) is 0 Å². The van der Waals surface area contributed by atoms with Crippen LogP contribution in [0.2, 0.25) is 0 Å². The summed E-state index contributed by atoms with van der Waals surface area (Å²) < 4.78 is 0. The monoisotopic (exact) mass is 211 g/mol. The Morgan fingerprint density at radius 3 is 2.64 bits per heavy atom. The van der Waals surface area contributed by atoms with Crippen LogP contribution in [-0.4, -0.2) is 6.72 Å². The molecule has 0 N–H and O–H groups in total. The molecule has 14 heavy (non-hydrogen) atoms. The average Bonchev–Trinajstić information content (AvgIpc) is 2.16.